The molecule has 1 unspecified atom stereocenters. The van der Waals surface area contributed by atoms with Gasteiger partial charge in [-0.2, -0.15) is 0 Å². The summed E-state index contributed by atoms with van der Waals surface area (Å²) in [4.78, 5) is 11.3. The molecule has 1 atom stereocenters. The molecule has 17 heavy (non-hydrogen) atoms. The van der Waals surface area contributed by atoms with Gasteiger partial charge in [0.15, 0.2) is 0 Å². The average molecular weight is 237 g/mol. The zero-order chi connectivity index (χ0) is 13.2. The second-order valence-electron chi connectivity index (χ2n) is 4.69. The fourth-order valence-electron chi connectivity index (χ4n) is 1.33. The molecule has 6 N–H and O–H groups in total. The van der Waals surface area contributed by atoms with Gasteiger partial charge in [0.1, 0.15) is 0 Å². The molecule has 1 aromatic carbocycles. The van der Waals surface area contributed by atoms with E-state index in [0.29, 0.717) is 16.9 Å². The largest absolute Gasteiger partial charge is 0.399 e. The second kappa shape index (κ2) is 4.63. The van der Waals surface area contributed by atoms with E-state index in [1.807, 2.05) is 13.8 Å². The van der Waals surface area contributed by atoms with Crippen LogP contribution in [0.3, 0.4) is 0 Å². The maximum absolute atomic E-state index is 11.3. The van der Waals surface area contributed by atoms with Crippen LogP contribution in [0.1, 0.15) is 31.1 Å². The molecule has 1 amide bonds. The van der Waals surface area contributed by atoms with Crippen molar-refractivity contribution in [2.24, 2.45) is 5.73 Å². The Bertz CT molecular complexity index is 428. The third-order valence-electron chi connectivity index (χ3n) is 2.81. The van der Waals surface area contributed by atoms with E-state index in [2.05, 4.69) is 5.32 Å². The van der Waals surface area contributed by atoms with Gasteiger partial charge >= 0.3 is 0 Å². The molecule has 0 radical (unpaired) electrons. The van der Waals surface area contributed by atoms with Crippen molar-refractivity contribution in [1.82, 2.24) is 0 Å². The van der Waals surface area contributed by atoms with Gasteiger partial charge in [0.05, 0.1) is 17.2 Å². The lowest BCUT2D eigenvalue weighted by Crippen LogP contribution is -2.42. The number of nitrogens with one attached hydrogen (secondary N) is 1. The Labute approximate surface area is 101 Å². The minimum atomic E-state index is -0.593. The van der Waals surface area contributed by atoms with Gasteiger partial charge in [0.25, 0.3) is 5.91 Å². The Morgan fingerprint density at radius 2 is 2.06 bits per heavy atom. The van der Waals surface area contributed by atoms with Crippen molar-refractivity contribution in [1.29, 1.82) is 0 Å². The maximum atomic E-state index is 11.3. The Balaban J connectivity index is 3.13. The standard InChI is InChI=1S/C12H19N3O2/c1-7(16)12(2,3)15-10-6-8(13)4-5-9(10)11(14)17/h4-7,15-16H,13H2,1-3H3,(H2,14,17). The fourth-order valence-corrected chi connectivity index (χ4v) is 1.33. The molecule has 5 heteroatoms. The van der Waals surface area contributed by atoms with Crippen molar-refractivity contribution >= 4 is 17.3 Å². The van der Waals surface area contributed by atoms with Gasteiger partial charge in [-0.1, -0.05) is 0 Å². The number of anilines is 2. The predicted molar refractivity (Wildman–Crippen MR) is 68.8 cm³/mol. The lowest BCUT2D eigenvalue weighted by molar-refractivity contribution is 0.1000. The highest BCUT2D eigenvalue weighted by atomic mass is 16.3. The number of primary amides is 1. The molecule has 0 saturated heterocycles. The summed E-state index contributed by atoms with van der Waals surface area (Å²) in [7, 11) is 0. The van der Waals surface area contributed by atoms with Crippen LogP contribution in [0.25, 0.3) is 0 Å². The van der Waals surface area contributed by atoms with Crippen molar-refractivity contribution in [2.45, 2.75) is 32.4 Å². The van der Waals surface area contributed by atoms with Gasteiger partial charge < -0.3 is 21.9 Å². The van der Waals surface area contributed by atoms with Crippen LogP contribution in [0.4, 0.5) is 11.4 Å². The first kappa shape index (κ1) is 13.3. The van der Waals surface area contributed by atoms with Crippen LogP contribution in [0.5, 0.6) is 0 Å². The van der Waals surface area contributed by atoms with Gasteiger partial charge in [-0.05, 0) is 39.0 Å². The minimum Gasteiger partial charge on any atom is -0.399 e. The highest BCUT2D eigenvalue weighted by Gasteiger charge is 2.25. The Morgan fingerprint density at radius 3 is 2.53 bits per heavy atom. The first-order chi connectivity index (χ1) is 7.74. The van der Waals surface area contributed by atoms with Gasteiger partial charge in [-0.15, -0.1) is 0 Å². The zero-order valence-corrected chi connectivity index (χ0v) is 10.3. The first-order valence-corrected chi connectivity index (χ1v) is 5.39. The number of benzene rings is 1. The van der Waals surface area contributed by atoms with E-state index < -0.39 is 17.6 Å². The quantitative estimate of drug-likeness (QED) is 0.585. The number of hydrogen-bond acceptors (Lipinski definition) is 4. The molecule has 0 fully saturated rings. The zero-order valence-electron chi connectivity index (χ0n) is 10.3. The van der Waals surface area contributed by atoms with Gasteiger partial charge in [-0.25, -0.2) is 0 Å². The number of nitrogen functional groups attached to an aromatic ring is 1. The second-order valence-corrected chi connectivity index (χ2v) is 4.69. The van der Waals surface area contributed by atoms with E-state index in [0.717, 1.165) is 0 Å². The minimum absolute atomic E-state index is 0.355. The third kappa shape index (κ3) is 3.10. The monoisotopic (exact) mass is 237 g/mol. The lowest BCUT2D eigenvalue weighted by Gasteiger charge is -2.31. The van der Waals surface area contributed by atoms with Crippen molar-refractivity contribution in [3.8, 4) is 0 Å². The molecular weight excluding hydrogens is 218 g/mol. The summed E-state index contributed by atoms with van der Waals surface area (Å²) < 4.78 is 0. The summed E-state index contributed by atoms with van der Waals surface area (Å²) in [5, 5.41) is 12.7. The van der Waals surface area contributed by atoms with E-state index in [1.165, 1.54) is 0 Å². The number of carbonyl (C=O) groups excluding carboxylic acids is 1. The summed E-state index contributed by atoms with van der Waals surface area (Å²) in [5.41, 5.74) is 11.8. The number of rotatable bonds is 4. The summed E-state index contributed by atoms with van der Waals surface area (Å²) >= 11 is 0. The molecule has 1 rings (SSSR count). The van der Waals surface area contributed by atoms with Crippen molar-refractivity contribution in [3.05, 3.63) is 23.8 Å². The molecule has 1 aromatic rings. The number of nitrogens with two attached hydrogens (primary N) is 2. The number of hydrogen-bond donors (Lipinski definition) is 4. The highest BCUT2D eigenvalue weighted by Crippen LogP contribution is 2.24. The van der Waals surface area contributed by atoms with E-state index in [9.17, 15) is 9.90 Å². The smallest absolute Gasteiger partial charge is 0.250 e. The van der Waals surface area contributed by atoms with Crippen molar-refractivity contribution in [3.63, 3.8) is 0 Å². The highest BCUT2D eigenvalue weighted by molar-refractivity contribution is 5.99. The van der Waals surface area contributed by atoms with Crippen molar-refractivity contribution < 1.29 is 9.90 Å². The molecule has 94 valence electrons. The van der Waals surface area contributed by atoms with E-state index in [4.69, 9.17) is 11.5 Å². The van der Waals surface area contributed by atoms with Crippen LogP contribution >= 0.6 is 0 Å². The maximum Gasteiger partial charge on any atom is 0.250 e. The molecule has 0 saturated carbocycles. The van der Waals surface area contributed by atoms with Crippen molar-refractivity contribution in [2.75, 3.05) is 11.1 Å². The number of aliphatic hydroxyl groups is 1. The Morgan fingerprint density at radius 1 is 1.47 bits per heavy atom. The van der Waals surface area contributed by atoms with Gasteiger partial charge in [0, 0.05) is 11.4 Å². The Kier molecular flexibility index (Phi) is 3.63. The van der Waals surface area contributed by atoms with Gasteiger partial charge in [-0.3, -0.25) is 4.79 Å². The number of aliphatic hydroxyl groups excluding tert-OH is 1. The van der Waals surface area contributed by atoms with Crippen LogP contribution < -0.4 is 16.8 Å². The molecule has 0 aliphatic carbocycles. The lowest BCUT2D eigenvalue weighted by atomic mass is 9.97. The number of amides is 1. The van der Waals surface area contributed by atoms with E-state index >= 15 is 0 Å². The molecule has 0 spiro atoms. The molecule has 0 aliphatic heterocycles. The summed E-state index contributed by atoms with van der Waals surface area (Å²) in [6.07, 6.45) is -0.593. The predicted octanol–water partition coefficient (Wildman–Crippen LogP) is 0.939. The molecule has 5 nitrogen and oxygen atoms in total. The molecule has 0 bridgehead atoms. The van der Waals surface area contributed by atoms with Crippen LogP contribution in [-0.4, -0.2) is 22.7 Å². The third-order valence-corrected chi connectivity index (χ3v) is 2.81. The van der Waals surface area contributed by atoms with Crippen LogP contribution in [0.15, 0.2) is 18.2 Å². The van der Waals surface area contributed by atoms with E-state index in [-0.39, 0.29) is 0 Å². The molecule has 0 heterocycles. The van der Waals surface area contributed by atoms with Crippen LogP contribution in [0.2, 0.25) is 0 Å². The fraction of sp³-hybridized carbons (Fsp3) is 0.417. The topological polar surface area (TPSA) is 101 Å². The summed E-state index contributed by atoms with van der Waals surface area (Å²) in [6, 6.07) is 4.81. The molecule has 0 aliphatic rings. The van der Waals surface area contributed by atoms with Crippen LogP contribution in [0, 0.1) is 0 Å². The number of carbonyl (C=O) groups is 1. The average Bonchev–Trinajstić information content (AvgIpc) is 2.15. The summed E-state index contributed by atoms with van der Waals surface area (Å²) in [6.45, 7) is 5.32. The molecule has 0 aromatic heterocycles. The molecular formula is C12H19N3O2. The van der Waals surface area contributed by atoms with Gasteiger partial charge in [0.2, 0.25) is 0 Å². The van der Waals surface area contributed by atoms with E-state index in [1.54, 1.807) is 25.1 Å². The summed E-state index contributed by atoms with van der Waals surface area (Å²) in [5.74, 6) is -0.533. The Hall–Kier alpha value is -1.75. The normalized spacial score (nSPS) is 13.2. The first-order valence-electron chi connectivity index (χ1n) is 5.39. The SMILES string of the molecule is CC(O)C(C)(C)Nc1cc(N)ccc1C(N)=O. The van der Waals surface area contributed by atoms with Crippen LogP contribution in [-0.2, 0) is 0 Å².